The van der Waals surface area contributed by atoms with Crippen molar-refractivity contribution in [3.63, 3.8) is 0 Å². The van der Waals surface area contributed by atoms with Gasteiger partial charge in [-0.2, -0.15) is 0 Å². The number of amides is 1. The summed E-state index contributed by atoms with van der Waals surface area (Å²) in [5, 5.41) is 3.21. The lowest BCUT2D eigenvalue weighted by Gasteiger charge is -2.35. The quantitative estimate of drug-likeness (QED) is 0.809. The van der Waals surface area contributed by atoms with Gasteiger partial charge in [-0.25, -0.2) is 9.97 Å². The average molecular weight is 429 g/mol. The van der Waals surface area contributed by atoms with Gasteiger partial charge in [0.1, 0.15) is 12.1 Å². The molecular formula is C21H25BrN4O. The number of carbonyl (C=O) groups excluding carboxylic acids is 1. The lowest BCUT2D eigenvalue weighted by molar-refractivity contribution is -0.121. The number of aromatic nitrogens is 2. The Hall–Kier alpha value is -1.95. The molecule has 0 radical (unpaired) electrons. The predicted molar refractivity (Wildman–Crippen MR) is 110 cm³/mol. The van der Waals surface area contributed by atoms with Crippen molar-refractivity contribution in [3.05, 3.63) is 51.9 Å². The number of anilines is 1. The van der Waals surface area contributed by atoms with Gasteiger partial charge in [-0.05, 0) is 50.2 Å². The van der Waals surface area contributed by atoms with Crippen molar-refractivity contribution < 1.29 is 4.79 Å². The lowest BCUT2D eigenvalue weighted by Crippen LogP contribution is -2.45. The van der Waals surface area contributed by atoms with E-state index in [-0.39, 0.29) is 11.9 Å². The van der Waals surface area contributed by atoms with Gasteiger partial charge in [0.2, 0.25) is 5.91 Å². The molecule has 1 aliphatic carbocycles. The summed E-state index contributed by atoms with van der Waals surface area (Å²) in [6.45, 7) is 1.87. The second kappa shape index (κ2) is 8.38. The van der Waals surface area contributed by atoms with Crippen LogP contribution in [0.25, 0.3) is 0 Å². The molecule has 1 N–H and O–H groups in total. The molecular weight excluding hydrogens is 404 g/mol. The fourth-order valence-corrected chi connectivity index (χ4v) is 4.53. The molecule has 0 saturated carbocycles. The first-order chi connectivity index (χ1) is 13.2. The van der Waals surface area contributed by atoms with E-state index in [1.807, 2.05) is 24.3 Å². The fourth-order valence-electron chi connectivity index (χ4n) is 4.11. The molecule has 1 aliphatic heterocycles. The highest BCUT2D eigenvalue weighted by molar-refractivity contribution is 9.10. The van der Waals surface area contributed by atoms with Crippen LogP contribution in [0.15, 0.2) is 35.1 Å². The number of aryl methyl sites for hydroxylation is 1. The second-order valence-electron chi connectivity index (χ2n) is 7.43. The number of halogens is 1. The summed E-state index contributed by atoms with van der Waals surface area (Å²) in [4.78, 5) is 23.9. The van der Waals surface area contributed by atoms with Crippen molar-refractivity contribution >= 4 is 27.7 Å². The zero-order valence-electron chi connectivity index (χ0n) is 15.5. The van der Waals surface area contributed by atoms with E-state index in [0.717, 1.165) is 54.6 Å². The minimum absolute atomic E-state index is 0.0970. The molecule has 0 spiro atoms. The van der Waals surface area contributed by atoms with Gasteiger partial charge in [0.05, 0.1) is 6.42 Å². The van der Waals surface area contributed by atoms with Crippen LogP contribution in [0.3, 0.4) is 0 Å². The third kappa shape index (κ3) is 4.32. The van der Waals surface area contributed by atoms with Gasteiger partial charge in [-0.1, -0.05) is 34.1 Å². The number of nitrogens with one attached hydrogen (secondary N) is 1. The van der Waals surface area contributed by atoms with Crippen LogP contribution >= 0.6 is 15.9 Å². The second-order valence-corrected chi connectivity index (χ2v) is 8.28. The normalized spacial score (nSPS) is 17.4. The van der Waals surface area contributed by atoms with E-state index in [1.165, 1.54) is 24.1 Å². The Morgan fingerprint density at radius 3 is 2.74 bits per heavy atom. The third-order valence-corrected chi connectivity index (χ3v) is 6.34. The molecule has 0 bridgehead atoms. The molecule has 1 amide bonds. The Morgan fingerprint density at radius 2 is 1.93 bits per heavy atom. The molecule has 27 heavy (non-hydrogen) atoms. The number of hydrogen-bond donors (Lipinski definition) is 1. The minimum atomic E-state index is 0.0970. The number of hydrogen-bond acceptors (Lipinski definition) is 4. The average Bonchev–Trinajstić information content (AvgIpc) is 2.70. The predicted octanol–water partition coefficient (Wildman–Crippen LogP) is 3.45. The van der Waals surface area contributed by atoms with Crippen molar-refractivity contribution in [2.45, 2.75) is 51.0 Å². The summed E-state index contributed by atoms with van der Waals surface area (Å²) >= 11 is 3.51. The number of benzene rings is 1. The molecule has 2 aromatic rings. The first-order valence-corrected chi connectivity index (χ1v) is 10.6. The Morgan fingerprint density at radius 1 is 1.15 bits per heavy atom. The maximum Gasteiger partial charge on any atom is 0.224 e. The van der Waals surface area contributed by atoms with E-state index in [4.69, 9.17) is 0 Å². The molecule has 1 aromatic carbocycles. The Bertz CT molecular complexity index is 818. The SMILES string of the molecule is O=C(Cc1ccccc1Br)NC1CCN(c2ncnc3c2CCCC3)CC1. The van der Waals surface area contributed by atoms with Gasteiger partial charge >= 0.3 is 0 Å². The summed E-state index contributed by atoms with van der Waals surface area (Å²) in [5.41, 5.74) is 3.61. The molecule has 5 nitrogen and oxygen atoms in total. The van der Waals surface area contributed by atoms with Crippen LogP contribution in [0, 0.1) is 0 Å². The monoisotopic (exact) mass is 428 g/mol. The van der Waals surface area contributed by atoms with E-state index in [0.29, 0.717) is 6.42 Å². The first kappa shape index (κ1) is 18.4. The molecule has 1 saturated heterocycles. The fraction of sp³-hybridized carbons (Fsp3) is 0.476. The maximum atomic E-state index is 12.4. The van der Waals surface area contributed by atoms with Gasteiger partial charge < -0.3 is 10.2 Å². The third-order valence-electron chi connectivity index (χ3n) is 5.57. The van der Waals surface area contributed by atoms with Crippen molar-refractivity contribution in [3.8, 4) is 0 Å². The van der Waals surface area contributed by atoms with E-state index in [9.17, 15) is 4.79 Å². The topological polar surface area (TPSA) is 58.1 Å². The van der Waals surface area contributed by atoms with Crippen molar-refractivity contribution in [2.24, 2.45) is 0 Å². The van der Waals surface area contributed by atoms with Crippen LogP contribution in [0.1, 0.15) is 42.5 Å². The largest absolute Gasteiger partial charge is 0.356 e. The molecule has 0 unspecified atom stereocenters. The molecule has 2 heterocycles. The summed E-state index contributed by atoms with van der Waals surface area (Å²) in [6.07, 6.45) is 8.68. The summed E-state index contributed by atoms with van der Waals surface area (Å²) in [7, 11) is 0. The van der Waals surface area contributed by atoms with Crippen LogP contribution in [0.5, 0.6) is 0 Å². The Balaban J connectivity index is 1.33. The van der Waals surface area contributed by atoms with E-state index >= 15 is 0 Å². The lowest BCUT2D eigenvalue weighted by atomic mass is 9.95. The van der Waals surface area contributed by atoms with Gasteiger partial charge in [-0.3, -0.25) is 4.79 Å². The summed E-state index contributed by atoms with van der Waals surface area (Å²) in [5.74, 6) is 1.22. The number of nitrogens with zero attached hydrogens (tertiary/aromatic N) is 3. The highest BCUT2D eigenvalue weighted by atomic mass is 79.9. The van der Waals surface area contributed by atoms with Crippen molar-refractivity contribution in [1.29, 1.82) is 0 Å². The van der Waals surface area contributed by atoms with E-state index < -0.39 is 0 Å². The number of fused-ring (bicyclic) bond motifs is 1. The number of rotatable bonds is 4. The summed E-state index contributed by atoms with van der Waals surface area (Å²) < 4.78 is 0.989. The standard InChI is InChI=1S/C21H25BrN4O/c22-18-7-3-1-5-15(18)13-20(27)25-16-9-11-26(12-10-16)21-17-6-2-4-8-19(17)23-14-24-21/h1,3,5,7,14,16H,2,4,6,8-13H2,(H,25,27). The molecule has 142 valence electrons. The van der Waals surface area contributed by atoms with Crippen LogP contribution in [0.4, 0.5) is 5.82 Å². The van der Waals surface area contributed by atoms with Crippen molar-refractivity contribution in [2.75, 3.05) is 18.0 Å². The minimum Gasteiger partial charge on any atom is -0.356 e. The van der Waals surface area contributed by atoms with Gasteiger partial charge in [0.15, 0.2) is 0 Å². The molecule has 1 fully saturated rings. The Labute approximate surface area is 168 Å². The van der Waals surface area contributed by atoms with Gasteiger partial charge in [-0.15, -0.1) is 0 Å². The van der Waals surface area contributed by atoms with E-state index in [2.05, 4.69) is 36.1 Å². The van der Waals surface area contributed by atoms with Crippen LogP contribution in [-0.4, -0.2) is 35.0 Å². The molecule has 4 rings (SSSR count). The Kier molecular flexibility index (Phi) is 5.72. The molecule has 1 aromatic heterocycles. The smallest absolute Gasteiger partial charge is 0.224 e. The van der Waals surface area contributed by atoms with Gasteiger partial charge in [0, 0.05) is 34.9 Å². The molecule has 0 atom stereocenters. The van der Waals surface area contributed by atoms with Crippen LogP contribution < -0.4 is 10.2 Å². The number of carbonyl (C=O) groups is 1. The molecule has 2 aliphatic rings. The van der Waals surface area contributed by atoms with Crippen molar-refractivity contribution in [1.82, 2.24) is 15.3 Å². The highest BCUT2D eigenvalue weighted by Crippen LogP contribution is 2.28. The van der Waals surface area contributed by atoms with E-state index in [1.54, 1.807) is 6.33 Å². The maximum absolute atomic E-state index is 12.4. The zero-order valence-corrected chi connectivity index (χ0v) is 17.0. The van der Waals surface area contributed by atoms with Crippen LogP contribution in [0.2, 0.25) is 0 Å². The van der Waals surface area contributed by atoms with Crippen LogP contribution in [-0.2, 0) is 24.1 Å². The highest BCUT2D eigenvalue weighted by Gasteiger charge is 2.25. The molecule has 6 heteroatoms. The zero-order chi connectivity index (χ0) is 18.6. The number of piperidine rings is 1. The first-order valence-electron chi connectivity index (χ1n) is 9.81. The summed E-state index contributed by atoms with van der Waals surface area (Å²) in [6, 6.07) is 8.14. The van der Waals surface area contributed by atoms with Gasteiger partial charge in [0.25, 0.3) is 0 Å².